The number of hydrogen-bond acceptors (Lipinski definition) is 3. The number of benzene rings is 1. The van der Waals surface area contributed by atoms with Crippen LogP contribution in [0.15, 0.2) is 52.7 Å². The van der Waals surface area contributed by atoms with Crippen LogP contribution in [0.25, 0.3) is 6.08 Å². The molecule has 0 spiro atoms. The van der Waals surface area contributed by atoms with Crippen molar-refractivity contribution < 1.29 is 9.21 Å². The summed E-state index contributed by atoms with van der Waals surface area (Å²) in [6.07, 6.45) is 2.93. The third-order valence-electron chi connectivity index (χ3n) is 3.20. The molecule has 1 aromatic carbocycles. The van der Waals surface area contributed by atoms with Crippen LogP contribution in [0.2, 0.25) is 0 Å². The van der Waals surface area contributed by atoms with Gasteiger partial charge in [-0.1, -0.05) is 24.3 Å². The quantitative estimate of drug-likeness (QED) is 0.689. The standard InChI is InChI=1S/C17H16N2O2/c1-12-6-3-4-8-16(12)13(2)19-17(20)14(11-18)10-15-7-5-9-21-15/h3-10,13H,1-2H3,(H,19,20)/b14-10+. The number of furan rings is 1. The van der Waals surface area contributed by atoms with Gasteiger partial charge in [0.15, 0.2) is 0 Å². The molecule has 0 bridgehead atoms. The van der Waals surface area contributed by atoms with Crippen LogP contribution in [0.1, 0.15) is 29.9 Å². The van der Waals surface area contributed by atoms with Crippen molar-refractivity contribution in [3.05, 3.63) is 65.1 Å². The fourth-order valence-corrected chi connectivity index (χ4v) is 2.09. The van der Waals surface area contributed by atoms with E-state index in [0.717, 1.165) is 11.1 Å². The Labute approximate surface area is 123 Å². The number of aryl methyl sites for hydroxylation is 1. The maximum atomic E-state index is 12.2. The summed E-state index contributed by atoms with van der Waals surface area (Å²) < 4.78 is 5.12. The third kappa shape index (κ3) is 3.61. The van der Waals surface area contributed by atoms with Crippen molar-refractivity contribution in [2.24, 2.45) is 0 Å². The highest BCUT2D eigenvalue weighted by Gasteiger charge is 2.15. The van der Waals surface area contributed by atoms with E-state index in [-0.39, 0.29) is 11.6 Å². The number of rotatable bonds is 4. The molecule has 0 saturated heterocycles. The minimum Gasteiger partial charge on any atom is -0.465 e. The van der Waals surface area contributed by atoms with Gasteiger partial charge in [-0.15, -0.1) is 0 Å². The van der Waals surface area contributed by atoms with Gasteiger partial charge in [0.25, 0.3) is 5.91 Å². The maximum absolute atomic E-state index is 12.2. The van der Waals surface area contributed by atoms with Gasteiger partial charge in [-0.2, -0.15) is 5.26 Å². The summed E-state index contributed by atoms with van der Waals surface area (Å²) >= 11 is 0. The Kier molecular flexibility index (Phi) is 4.57. The topological polar surface area (TPSA) is 66.0 Å². The normalized spacial score (nSPS) is 12.5. The predicted molar refractivity (Wildman–Crippen MR) is 80.0 cm³/mol. The number of nitrogens with zero attached hydrogens (tertiary/aromatic N) is 1. The van der Waals surface area contributed by atoms with Gasteiger partial charge in [-0.25, -0.2) is 0 Å². The molecule has 21 heavy (non-hydrogen) atoms. The van der Waals surface area contributed by atoms with Gasteiger partial charge in [0.1, 0.15) is 17.4 Å². The summed E-state index contributed by atoms with van der Waals surface area (Å²) in [5.74, 6) is 0.0647. The highest BCUT2D eigenvalue weighted by molar-refractivity contribution is 6.01. The molecule has 0 saturated carbocycles. The average molecular weight is 280 g/mol. The first-order valence-electron chi connectivity index (χ1n) is 6.63. The SMILES string of the molecule is Cc1ccccc1C(C)NC(=O)/C(C#N)=C/c1ccco1. The zero-order valence-corrected chi connectivity index (χ0v) is 12.0. The molecule has 1 amide bonds. The van der Waals surface area contributed by atoms with Crippen LogP contribution in [0.4, 0.5) is 0 Å². The lowest BCUT2D eigenvalue weighted by Crippen LogP contribution is -2.28. The number of hydrogen-bond donors (Lipinski definition) is 1. The van der Waals surface area contributed by atoms with Crippen LogP contribution >= 0.6 is 0 Å². The van der Waals surface area contributed by atoms with Crippen LogP contribution in [0, 0.1) is 18.3 Å². The molecule has 1 heterocycles. The molecule has 2 rings (SSSR count). The fraction of sp³-hybridized carbons (Fsp3) is 0.176. The van der Waals surface area contributed by atoms with E-state index in [0.29, 0.717) is 5.76 Å². The first kappa shape index (κ1) is 14.6. The molecule has 0 fully saturated rings. The fourth-order valence-electron chi connectivity index (χ4n) is 2.09. The van der Waals surface area contributed by atoms with Gasteiger partial charge < -0.3 is 9.73 Å². The molecule has 4 nitrogen and oxygen atoms in total. The molecule has 2 aromatic rings. The van der Waals surface area contributed by atoms with Crippen molar-refractivity contribution in [1.82, 2.24) is 5.32 Å². The highest BCUT2D eigenvalue weighted by atomic mass is 16.3. The van der Waals surface area contributed by atoms with E-state index >= 15 is 0 Å². The first-order valence-corrected chi connectivity index (χ1v) is 6.63. The van der Waals surface area contributed by atoms with Crippen LogP contribution in [-0.4, -0.2) is 5.91 Å². The Balaban J connectivity index is 2.14. The van der Waals surface area contributed by atoms with Gasteiger partial charge in [0.05, 0.1) is 12.3 Å². The first-order chi connectivity index (χ1) is 10.1. The van der Waals surface area contributed by atoms with Crippen LogP contribution in [-0.2, 0) is 4.79 Å². The van der Waals surface area contributed by atoms with E-state index < -0.39 is 5.91 Å². The van der Waals surface area contributed by atoms with Crippen LogP contribution in [0.5, 0.6) is 0 Å². The van der Waals surface area contributed by atoms with Gasteiger partial charge in [0.2, 0.25) is 0 Å². The van der Waals surface area contributed by atoms with Crippen LogP contribution < -0.4 is 5.32 Å². The minimum absolute atomic E-state index is 0.0189. The summed E-state index contributed by atoms with van der Waals surface area (Å²) in [4.78, 5) is 12.2. The molecular weight excluding hydrogens is 264 g/mol. The number of nitriles is 1. The van der Waals surface area contributed by atoms with E-state index in [2.05, 4.69) is 5.32 Å². The summed E-state index contributed by atoms with van der Waals surface area (Å²) in [5, 5.41) is 11.9. The van der Waals surface area contributed by atoms with Crippen molar-refractivity contribution in [3.8, 4) is 6.07 Å². The van der Waals surface area contributed by atoms with Gasteiger partial charge in [-0.3, -0.25) is 4.79 Å². The molecule has 0 aliphatic rings. The van der Waals surface area contributed by atoms with Crippen molar-refractivity contribution in [3.63, 3.8) is 0 Å². The Hall–Kier alpha value is -2.80. The Bertz CT molecular complexity index is 694. The molecule has 0 aliphatic heterocycles. The monoisotopic (exact) mass is 280 g/mol. The van der Waals surface area contributed by atoms with Gasteiger partial charge >= 0.3 is 0 Å². The van der Waals surface area contributed by atoms with E-state index in [1.165, 1.54) is 12.3 Å². The van der Waals surface area contributed by atoms with Crippen molar-refractivity contribution in [1.29, 1.82) is 5.26 Å². The zero-order valence-electron chi connectivity index (χ0n) is 12.0. The highest BCUT2D eigenvalue weighted by Crippen LogP contribution is 2.17. The largest absolute Gasteiger partial charge is 0.465 e. The molecule has 4 heteroatoms. The van der Waals surface area contributed by atoms with Gasteiger partial charge in [0, 0.05) is 6.08 Å². The predicted octanol–water partition coefficient (Wildman–Crippen LogP) is 3.37. The van der Waals surface area contributed by atoms with Gasteiger partial charge in [-0.05, 0) is 37.1 Å². The summed E-state index contributed by atoms with van der Waals surface area (Å²) in [5.41, 5.74) is 2.14. The van der Waals surface area contributed by atoms with Crippen molar-refractivity contribution in [2.45, 2.75) is 19.9 Å². The second-order valence-corrected chi connectivity index (χ2v) is 4.74. The Morgan fingerprint density at radius 1 is 1.33 bits per heavy atom. The molecule has 106 valence electrons. The molecule has 0 radical (unpaired) electrons. The lowest BCUT2D eigenvalue weighted by Gasteiger charge is -2.16. The number of carbonyl (C=O) groups is 1. The van der Waals surface area contributed by atoms with E-state index in [1.807, 2.05) is 44.2 Å². The van der Waals surface area contributed by atoms with Crippen molar-refractivity contribution >= 4 is 12.0 Å². The van der Waals surface area contributed by atoms with E-state index in [9.17, 15) is 4.79 Å². The lowest BCUT2D eigenvalue weighted by molar-refractivity contribution is -0.117. The minimum atomic E-state index is -0.412. The van der Waals surface area contributed by atoms with E-state index in [4.69, 9.17) is 9.68 Å². The second kappa shape index (κ2) is 6.58. The second-order valence-electron chi connectivity index (χ2n) is 4.74. The molecular formula is C17H16N2O2. The average Bonchev–Trinajstić information content (AvgIpc) is 2.98. The van der Waals surface area contributed by atoms with Crippen molar-refractivity contribution in [2.75, 3.05) is 0 Å². The summed E-state index contributed by atoms with van der Waals surface area (Å²) in [6, 6.07) is 12.9. The Morgan fingerprint density at radius 2 is 2.10 bits per heavy atom. The number of amides is 1. The molecule has 1 N–H and O–H groups in total. The molecule has 1 unspecified atom stereocenters. The number of nitrogens with one attached hydrogen (secondary N) is 1. The maximum Gasteiger partial charge on any atom is 0.262 e. The zero-order chi connectivity index (χ0) is 15.2. The summed E-state index contributed by atoms with van der Waals surface area (Å²) in [7, 11) is 0. The lowest BCUT2D eigenvalue weighted by atomic mass is 10.0. The molecule has 0 aliphatic carbocycles. The molecule has 1 atom stereocenters. The third-order valence-corrected chi connectivity index (χ3v) is 3.20. The smallest absolute Gasteiger partial charge is 0.262 e. The van der Waals surface area contributed by atoms with E-state index in [1.54, 1.807) is 12.1 Å². The van der Waals surface area contributed by atoms with Crippen LogP contribution in [0.3, 0.4) is 0 Å². The molecule has 1 aromatic heterocycles. The Morgan fingerprint density at radius 3 is 2.71 bits per heavy atom. The summed E-state index contributed by atoms with van der Waals surface area (Å²) in [6.45, 7) is 3.88. The number of carbonyl (C=O) groups excluding carboxylic acids is 1.